The molecule has 1 aromatic heterocycles. The first kappa shape index (κ1) is 20.5. The van der Waals surface area contributed by atoms with Gasteiger partial charge in [0, 0.05) is 5.54 Å². The highest BCUT2D eigenvalue weighted by atomic mass is 19.4. The van der Waals surface area contributed by atoms with E-state index in [0.717, 1.165) is 0 Å². The molecule has 2 aromatic rings. The Bertz CT molecular complexity index is 775. The Balaban J connectivity index is 2.34. The highest BCUT2D eigenvalue weighted by Crippen LogP contribution is 2.39. The molecule has 0 radical (unpaired) electrons. The first-order chi connectivity index (χ1) is 11.7. The number of alkyl halides is 6. The third kappa shape index (κ3) is 5.08. The van der Waals surface area contributed by atoms with Crippen LogP contribution in [0.15, 0.2) is 12.1 Å². The normalized spacial score (nSPS) is 14.8. The predicted molar refractivity (Wildman–Crippen MR) is 81.8 cm³/mol. The zero-order valence-electron chi connectivity index (χ0n) is 14.1. The van der Waals surface area contributed by atoms with E-state index in [-0.39, 0.29) is 24.0 Å². The van der Waals surface area contributed by atoms with Gasteiger partial charge in [-0.3, -0.25) is 10.6 Å². The van der Waals surface area contributed by atoms with Gasteiger partial charge in [-0.25, -0.2) is 4.98 Å². The monoisotopic (exact) mass is 384 g/mol. The molecule has 4 N–H and O–H groups in total. The number of aliphatic hydroxyl groups excluding tert-OH is 1. The van der Waals surface area contributed by atoms with Crippen LogP contribution in [0.4, 0.5) is 26.3 Å². The Morgan fingerprint density at radius 3 is 2.19 bits per heavy atom. The fraction of sp³-hybridized carbons (Fsp3) is 0.533. The summed E-state index contributed by atoms with van der Waals surface area (Å²) in [6.07, 6.45) is -11.1. The molecule has 1 aromatic carbocycles. The maximum absolute atomic E-state index is 13.1. The summed E-state index contributed by atoms with van der Waals surface area (Å²) in [5.41, 5.74) is -4.33. The Hall–Kier alpha value is -1.85. The van der Waals surface area contributed by atoms with Crippen molar-refractivity contribution in [3.63, 3.8) is 0 Å². The summed E-state index contributed by atoms with van der Waals surface area (Å²) in [6, 6.07) is 0.612. The Morgan fingerprint density at radius 1 is 1.08 bits per heavy atom. The molecule has 146 valence electrons. The number of hydrogen-bond acceptors (Lipinski definition) is 4. The minimum atomic E-state index is -4.99. The summed E-state index contributed by atoms with van der Waals surface area (Å²) in [5.74, 6) is -0.0421. The molecule has 26 heavy (non-hydrogen) atoms. The van der Waals surface area contributed by atoms with Gasteiger partial charge in [-0.05, 0) is 32.9 Å². The van der Waals surface area contributed by atoms with E-state index in [2.05, 4.69) is 20.6 Å². The topological polar surface area (TPSA) is 73.0 Å². The van der Waals surface area contributed by atoms with Crippen molar-refractivity contribution >= 4 is 11.0 Å². The number of H-pyrrole nitrogens is 1. The van der Waals surface area contributed by atoms with E-state index >= 15 is 0 Å². The van der Waals surface area contributed by atoms with Gasteiger partial charge in [0.2, 0.25) is 0 Å². The number of nitrogens with one attached hydrogen (secondary N) is 3. The number of rotatable bonds is 4. The van der Waals surface area contributed by atoms with Crippen molar-refractivity contribution in [1.29, 1.82) is 0 Å². The molecule has 2 rings (SSSR count). The van der Waals surface area contributed by atoms with Crippen LogP contribution in [0.25, 0.3) is 11.0 Å². The molecule has 0 saturated heterocycles. The lowest BCUT2D eigenvalue weighted by atomic mass is 10.1. The average molecular weight is 384 g/mol. The van der Waals surface area contributed by atoms with E-state index in [4.69, 9.17) is 0 Å². The summed E-state index contributed by atoms with van der Waals surface area (Å²) in [7, 11) is 0. The van der Waals surface area contributed by atoms with Gasteiger partial charge in [0.25, 0.3) is 0 Å². The number of nitrogens with zero attached hydrogens (tertiary/aromatic N) is 1. The summed E-state index contributed by atoms with van der Waals surface area (Å²) >= 11 is 0. The minimum absolute atomic E-state index is 0.0381. The fourth-order valence-corrected chi connectivity index (χ4v) is 2.29. The van der Waals surface area contributed by atoms with Crippen LogP contribution in [-0.4, -0.2) is 27.0 Å². The van der Waals surface area contributed by atoms with Gasteiger partial charge in [-0.2, -0.15) is 26.3 Å². The third-order valence-corrected chi connectivity index (χ3v) is 3.30. The SMILES string of the molecule is CC(C)(C)NC(O)NCc1nc2c(C(F)(F)F)cc(C(F)(F)F)cc2[nH]1. The predicted octanol–water partition coefficient (Wildman–Crippen LogP) is 3.35. The smallest absolute Gasteiger partial charge is 0.365 e. The van der Waals surface area contributed by atoms with Gasteiger partial charge in [0.15, 0.2) is 6.35 Å². The second-order valence-corrected chi connectivity index (χ2v) is 6.78. The highest BCUT2D eigenvalue weighted by Gasteiger charge is 2.39. The van der Waals surface area contributed by atoms with Crippen LogP contribution in [0.2, 0.25) is 0 Å². The zero-order chi connectivity index (χ0) is 19.9. The second kappa shape index (κ2) is 6.71. The van der Waals surface area contributed by atoms with Crippen LogP contribution < -0.4 is 10.6 Å². The van der Waals surface area contributed by atoms with Crippen molar-refractivity contribution in [3.8, 4) is 0 Å². The first-order valence-electron chi connectivity index (χ1n) is 7.53. The van der Waals surface area contributed by atoms with Crippen LogP contribution in [0.3, 0.4) is 0 Å². The van der Waals surface area contributed by atoms with Crippen molar-refractivity contribution in [2.45, 2.75) is 51.6 Å². The van der Waals surface area contributed by atoms with Crippen LogP contribution in [-0.2, 0) is 18.9 Å². The molecule has 0 aliphatic heterocycles. The molecule has 1 unspecified atom stereocenters. The molecule has 0 bridgehead atoms. The lowest BCUT2D eigenvalue weighted by Gasteiger charge is -2.25. The summed E-state index contributed by atoms with van der Waals surface area (Å²) in [5, 5.41) is 15.1. The second-order valence-electron chi connectivity index (χ2n) is 6.78. The lowest BCUT2D eigenvalue weighted by Crippen LogP contribution is -2.50. The molecule has 5 nitrogen and oxygen atoms in total. The van der Waals surface area contributed by atoms with E-state index in [1.54, 1.807) is 20.8 Å². The number of halogens is 6. The van der Waals surface area contributed by atoms with Crippen LogP contribution in [0, 0.1) is 0 Å². The molecule has 0 aliphatic carbocycles. The molecule has 1 atom stereocenters. The van der Waals surface area contributed by atoms with Crippen molar-refractivity contribution in [1.82, 2.24) is 20.6 Å². The average Bonchev–Trinajstić information content (AvgIpc) is 2.82. The van der Waals surface area contributed by atoms with Crippen molar-refractivity contribution < 1.29 is 31.4 Å². The van der Waals surface area contributed by atoms with Gasteiger partial charge >= 0.3 is 12.4 Å². The van der Waals surface area contributed by atoms with Crippen LogP contribution in [0.1, 0.15) is 37.7 Å². The van der Waals surface area contributed by atoms with Crippen molar-refractivity contribution in [2.24, 2.45) is 0 Å². The lowest BCUT2D eigenvalue weighted by molar-refractivity contribution is -0.142. The molecular formula is C15H18F6N4O. The van der Waals surface area contributed by atoms with E-state index in [1.807, 2.05) is 0 Å². The van der Waals surface area contributed by atoms with E-state index in [9.17, 15) is 31.4 Å². The number of imidazole rings is 1. The summed E-state index contributed by atoms with van der Waals surface area (Å²) in [6.45, 7) is 5.17. The fourth-order valence-electron chi connectivity index (χ4n) is 2.29. The van der Waals surface area contributed by atoms with Gasteiger partial charge in [0.05, 0.1) is 23.2 Å². The van der Waals surface area contributed by atoms with Gasteiger partial charge < -0.3 is 10.1 Å². The number of aliphatic hydroxyl groups is 1. The largest absolute Gasteiger partial charge is 0.418 e. The summed E-state index contributed by atoms with van der Waals surface area (Å²) < 4.78 is 77.9. The molecule has 11 heteroatoms. The quantitative estimate of drug-likeness (QED) is 0.482. The molecule has 0 saturated carbocycles. The Labute approximate surface area is 144 Å². The van der Waals surface area contributed by atoms with E-state index < -0.39 is 40.9 Å². The molecule has 0 fully saturated rings. The van der Waals surface area contributed by atoms with Crippen molar-refractivity contribution in [2.75, 3.05) is 0 Å². The number of hydrogen-bond donors (Lipinski definition) is 4. The molecule has 0 spiro atoms. The van der Waals surface area contributed by atoms with Crippen LogP contribution >= 0.6 is 0 Å². The maximum atomic E-state index is 13.1. The zero-order valence-corrected chi connectivity index (χ0v) is 14.1. The van der Waals surface area contributed by atoms with Gasteiger partial charge in [0.1, 0.15) is 11.3 Å². The maximum Gasteiger partial charge on any atom is 0.418 e. The molecule has 0 amide bonds. The minimum Gasteiger partial charge on any atom is -0.365 e. The molecular weight excluding hydrogens is 366 g/mol. The Morgan fingerprint density at radius 2 is 1.69 bits per heavy atom. The standard InChI is InChI=1S/C15H18F6N4O/c1-13(2,3)25-12(26)22-6-10-23-9-5-7(14(16,17)18)4-8(11(9)24-10)15(19,20)21/h4-5,12,22,25-26H,6H2,1-3H3,(H,23,24). The number of fused-ring (bicyclic) bond motifs is 1. The number of aromatic nitrogens is 2. The van der Waals surface area contributed by atoms with E-state index in [0.29, 0.717) is 6.07 Å². The van der Waals surface area contributed by atoms with Gasteiger partial charge in [-0.15, -0.1) is 0 Å². The molecule has 1 heterocycles. The number of aromatic amines is 1. The van der Waals surface area contributed by atoms with E-state index in [1.165, 1.54) is 0 Å². The molecule has 0 aliphatic rings. The summed E-state index contributed by atoms with van der Waals surface area (Å²) in [4.78, 5) is 6.15. The highest BCUT2D eigenvalue weighted by molar-refractivity contribution is 5.80. The number of benzene rings is 1. The third-order valence-electron chi connectivity index (χ3n) is 3.30. The van der Waals surface area contributed by atoms with Crippen LogP contribution in [0.5, 0.6) is 0 Å². The van der Waals surface area contributed by atoms with Gasteiger partial charge in [-0.1, -0.05) is 0 Å². The van der Waals surface area contributed by atoms with Crippen molar-refractivity contribution in [3.05, 3.63) is 29.1 Å². The Kier molecular flexibility index (Phi) is 5.28. The first-order valence-corrected chi connectivity index (χ1v) is 7.53.